The molecule has 0 radical (unpaired) electrons. The van der Waals surface area contributed by atoms with Gasteiger partial charge in [0.1, 0.15) is 6.04 Å². The number of nitrogens with zero attached hydrogens (tertiary/aromatic N) is 1. The maximum Gasteiger partial charge on any atom is 0.329 e. The molecule has 30 heavy (non-hydrogen) atoms. The van der Waals surface area contributed by atoms with Crippen molar-refractivity contribution in [3.8, 4) is 0 Å². The van der Waals surface area contributed by atoms with Crippen LogP contribution in [0.25, 0.3) is 0 Å². The van der Waals surface area contributed by atoms with Gasteiger partial charge in [0.25, 0.3) is 11.8 Å². The normalized spacial score (nSPS) is 15.7. The molecule has 0 aliphatic carbocycles. The molecule has 1 aliphatic heterocycles. The van der Waals surface area contributed by atoms with E-state index in [0.29, 0.717) is 18.9 Å². The van der Waals surface area contributed by atoms with Crippen molar-refractivity contribution in [1.82, 2.24) is 5.32 Å². The second-order valence-electron chi connectivity index (χ2n) is 6.89. The Morgan fingerprint density at radius 2 is 1.77 bits per heavy atom. The standard InChI is InChI=1S/C21H25N3O6/c1-14(22-20(26)18-4-3-11-29-18)21(27)30-15(2)19(25)23-16-5-7-17(8-6-16)24-9-12-28-13-10-24/h3-8,11,14-15H,9-10,12-13H2,1-2H3,(H,22,26)(H,23,25)/t14-,15-/m0/s1. The smallest absolute Gasteiger partial charge is 0.329 e. The van der Waals surface area contributed by atoms with Gasteiger partial charge in [-0.15, -0.1) is 0 Å². The summed E-state index contributed by atoms with van der Waals surface area (Å²) in [7, 11) is 0. The first-order valence-electron chi connectivity index (χ1n) is 9.72. The number of hydrogen-bond donors (Lipinski definition) is 2. The minimum Gasteiger partial charge on any atom is -0.459 e. The summed E-state index contributed by atoms with van der Waals surface area (Å²) in [5.74, 6) is -1.64. The number of hydrogen-bond acceptors (Lipinski definition) is 7. The average Bonchev–Trinajstić information content (AvgIpc) is 3.30. The predicted molar refractivity (Wildman–Crippen MR) is 109 cm³/mol. The highest BCUT2D eigenvalue weighted by molar-refractivity contribution is 5.97. The van der Waals surface area contributed by atoms with Gasteiger partial charge in [0, 0.05) is 24.5 Å². The Balaban J connectivity index is 1.47. The Hall–Kier alpha value is -3.33. The molecule has 2 amide bonds. The summed E-state index contributed by atoms with van der Waals surface area (Å²) in [4.78, 5) is 38.6. The lowest BCUT2D eigenvalue weighted by atomic mass is 10.2. The summed E-state index contributed by atoms with van der Waals surface area (Å²) >= 11 is 0. The van der Waals surface area contributed by atoms with Crippen LogP contribution in [0.4, 0.5) is 11.4 Å². The molecule has 0 saturated carbocycles. The van der Waals surface area contributed by atoms with Crippen LogP contribution in [0.5, 0.6) is 0 Å². The van der Waals surface area contributed by atoms with E-state index in [9.17, 15) is 14.4 Å². The molecular weight excluding hydrogens is 390 g/mol. The number of carbonyl (C=O) groups is 3. The van der Waals surface area contributed by atoms with Gasteiger partial charge in [-0.3, -0.25) is 9.59 Å². The van der Waals surface area contributed by atoms with Crippen LogP contribution < -0.4 is 15.5 Å². The zero-order chi connectivity index (χ0) is 21.5. The monoisotopic (exact) mass is 415 g/mol. The van der Waals surface area contributed by atoms with Crippen LogP contribution >= 0.6 is 0 Å². The maximum atomic E-state index is 12.3. The van der Waals surface area contributed by atoms with Gasteiger partial charge >= 0.3 is 5.97 Å². The maximum absolute atomic E-state index is 12.3. The van der Waals surface area contributed by atoms with Crippen LogP contribution in [0.3, 0.4) is 0 Å². The van der Waals surface area contributed by atoms with Gasteiger partial charge in [-0.1, -0.05) is 0 Å². The topological polar surface area (TPSA) is 110 Å². The Kier molecular flexibility index (Phi) is 7.08. The Morgan fingerprint density at radius 1 is 1.07 bits per heavy atom. The molecule has 1 fully saturated rings. The summed E-state index contributed by atoms with van der Waals surface area (Å²) in [6.07, 6.45) is 0.331. The number of carbonyl (C=O) groups excluding carboxylic acids is 3. The summed E-state index contributed by atoms with van der Waals surface area (Å²) in [6, 6.07) is 9.54. The van der Waals surface area contributed by atoms with E-state index >= 15 is 0 Å². The minimum absolute atomic E-state index is 0.0842. The third-order valence-electron chi connectivity index (χ3n) is 4.62. The molecule has 2 N–H and O–H groups in total. The molecule has 0 bridgehead atoms. The van der Waals surface area contributed by atoms with E-state index in [1.165, 1.54) is 26.2 Å². The van der Waals surface area contributed by atoms with E-state index < -0.39 is 29.9 Å². The van der Waals surface area contributed by atoms with E-state index in [0.717, 1.165) is 18.8 Å². The molecule has 2 atom stereocenters. The lowest BCUT2D eigenvalue weighted by molar-refractivity contribution is -0.154. The first kappa shape index (κ1) is 21.4. The minimum atomic E-state index is -1.03. The number of ether oxygens (including phenoxy) is 2. The van der Waals surface area contributed by atoms with Crippen LogP contribution in [0, 0.1) is 0 Å². The van der Waals surface area contributed by atoms with Gasteiger partial charge in [-0.2, -0.15) is 0 Å². The fraction of sp³-hybridized carbons (Fsp3) is 0.381. The molecule has 2 heterocycles. The van der Waals surface area contributed by atoms with E-state index in [1.54, 1.807) is 18.2 Å². The molecule has 1 aliphatic rings. The lowest BCUT2D eigenvalue weighted by Crippen LogP contribution is -2.42. The van der Waals surface area contributed by atoms with Gasteiger partial charge in [0.05, 0.1) is 19.5 Å². The highest BCUT2D eigenvalue weighted by Gasteiger charge is 2.24. The van der Waals surface area contributed by atoms with E-state index in [-0.39, 0.29) is 5.76 Å². The first-order chi connectivity index (χ1) is 14.4. The summed E-state index contributed by atoms with van der Waals surface area (Å²) in [5.41, 5.74) is 1.65. The number of nitrogens with one attached hydrogen (secondary N) is 2. The average molecular weight is 415 g/mol. The quantitative estimate of drug-likeness (QED) is 0.664. The number of rotatable bonds is 7. The Morgan fingerprint density at radius 3 is 2.40 bits per heavy atom. The molecule has 3 rings (SSSR count). The Bertz CT molecular complexity index is 859. The molecule has 1 aromatic carbocycles. The van der Waals surface area contributed by atoms with Crippen LogP contribution in [0.15, 0.2) is 47.1 Å². The van der Waals surface area contributed by atoms with Crippen molar-refractivity contribution in [1.29, 1.82) is 0 Å². The predicted octanol–water partition coefficient (Wildman–Crippen LogP) is 1.80. The number of furan rings is 1. The molecule has 9 nitrogen and oxygen atoms in total. The van der Waals surface area contributed by atoms with Crippen molar-refractivity contribution in [2.45, 2.75) is 26.0 Å². The first-order valence-corrected chi connectivity index (χ1v) is 9.72. The fourth-order valence-corrected chi connectivity index (χ4v) is 2.89. The second-order valence-corrected chi connectivity index (χ2v) is 6.89. The molecule has 0 spiro atoms. The van der Waals surface area contributed by atoms with E-state index in [4.69, 9.17) is 13.9 Å². The van der Waals surface area contributed by atoms with Gasteiger partial charge < -0.3 is 29.4 Å². The molecule has 2 aromatic rings. The summed E-state index contributed by atoms with van der Waals surface area (Å²) in [5, 5.41) is 5.18. The third-order valence-corrected chi connectivity index (χ3v) is 4.62. The van der Waals surface area contributed by atoms with Crippen LogP contribution in [-0.4, -0.2) is 56.2 Å². The van der Waals surface area contributed by atoms with Crippen molar-refractivity contribution in [3.63, 3.8) is 0 Å². The number of benzene rings is 1. The van der Waals surface area contributed by atoms with Crippen LogP contribution in [-0.2, 0) is 19.1 Å². The van der Waals surface area contributed by atoms with Gasteiger partial charge in [0.15, 0.2) is 11.9 Å². The zero-order valence-corrected chi connectivity index (χ0v) is 16.9. The molecule has 160 valence electrons. The second kappa shape index (κ2) is 9.93. The van der Waals surface area contributed by atoms with Crippen molar-refractivity contribution < 1.29 is 28.3 Å². The Labute approximate surface area is 174 Å². The van der Waals surface area contributed by atoms with Gasteiger partial charge in [0.2, 0.25) is 0 Å². The highest BCUT2D eigenvalue weighted by Crippen LogP contribution is 2.19. The summed E-state index contributed by atoms with van der Waals surface area (Å²) < 4.78 is 15.5. The molecular formula is C21H25N3O6. The lowest BCUT2D eigenvalue weighted by Gasteiger charge is -2.29. The number of morpholine rings is 1. The van der Waals surface area contributed by atoms with Crippen molar-refractivity contribution in [2.75, 3.05) is 36.5 Å². The number of amides is 2. The van der Waals surface area contributed by atoms with E-state index in [1.807, 2.05) is 12.1 Å². The highest BCUT2D eigenvalue weighted by atomic mass is 16.5. The number of anilines is 2. The van der Waals surface area contributed by atoms with Gasteiger partial charge in [-0.05, 0) is 50.2 Å². The van der Waals surface area contributed by atoms with Crippen LogP contribution in [0.1, 0.15) is 24.4 Å². The molecule has 1 saturated heterocycles. The zero-order valence-electron chi connectivity index (χ0n) is 16.9. The molecule has 9 heteroatoms. The number of esters is 1. The molecule has 0 unspecified atom stereocenters. The third kappa shape index (κ3) is 5.60. The SMILES string of the molecule is C[C@H](NC(=O)c1ccco1)C(=O)O[C@@H](C)C(=O)Nc1ccc(N2CCOCC2)cc1. The summed E-state index contributed by atoms with van der Waals surface area (Å²) in [6.45, 7) is 5.98. The van der Waals surface area contributed by atoms with E-state index in [2.05, 4.69) is 15.5 Å². The molecule has 1 aromatic heterocycles. The fourth-order valence-electron chi connectivity index (χ4n) is 2.89. The largest absolute Gasteiger partial charge is 0.459 e. The van der Waals surface area contributed by atoms with Crippen LogP contribution in [0.2, 0.25) is 0 Å². The van der Waals surface area contributed by atoms with Gasteiger partial charge in [-0.25, -0.2) is 4.79 Å². The van der Waals surface area contributed by atoms with Crippen molar-refractivity contribution in [3.05, 3.63) is 48.4 Å². The van der Waals surface area contributed by atoms with Crippen molar-refractivity contribution in [2.24, 2.45) is 0 Å². The van der Waals surface area contributed by atoms with Crippen molar-refractivity contribution >= 4 is 29.2 Å².